The van der Waals surface area contributed by atoms with Crippen LogP contribution in [0.4, 0.5) is 5.95 Å². The van der Waals surface area contributed by atoms with Gasteiger partial charge in [-0.25, -0.2) is 4.98 Å². The number of carbonyl (C=O) groups excluding carboxylic acids is 1. The van der Waals surface area contributed by atoms with Gasteiger partial charge in [-0.05, 0) is 13.8 Å². The summed E-state index contributed by atoms with van der Waals surface area (Å²) in [7, 11) is 0. The Hall–Kier alpha value is -1.52. The first-order valence-corrected chi connectivity index (χ1v) is 5.15. The van der Waals surface area contributed by atoms with E-state index < -0.39 is 0 Å². The van der Waals surface area contributed by atoms with E-state index in [2.05, 4.69) is 15.6 Å². The Morgan fingerprint density at radius 2 is 2.33 bits per heavy atom. The van der Waals surface area contributed by atoms with E-state index in [1.54, 1.807) is 0 Å². The fourth-order valence-corrected chi connectivity index (χ4v) is 1.37. The van der Waals surface area contributed by atoms with Gasteiger partial charge in [-0.15, -0.1) is 0 Å². The Balaban J connectivity index is 2.54. The maximum Gasteiger partial charge on any atom is 0.216 e. The van der Waals surface area contributed by atoms with Gasteiger partial charge < -0.3 is 15.2 Å². The lowest BCUT2D eigenvalue weighted by Crippen LogP contribution is -2.24. The van der Waals surface area contributed by atoms with Gasteiger partial charge in [0.2, 0.25) is 11.9 Å². The van der Waals surface area contributed by atoms with E-state index >= 15 is 0 Å². The summed E-state index contributed by atoms with van der Waals surface area (Å²) in [5, 5.41) is 5.93. The Morgan fingerprint density at radius 1 is 1.60 bits per heavy atom. The maximum absolute atomic E-state index is 10.7. The van der Waals surface area contributed by atoms with Crippen LogP contribution >= 0.6 is 0 Å². The van der Waals surface area contributed by atoms with Crippen LogP contribution < -0.4 is 10.6 Å². The summed E-state index contributed by atoms with van der Waals surface area (Å²) in [5.74, 6) is 0.859. The van der Waals surface area contributed by atoms with Gasteiger partial charge in [-0.3, -0.25) is 4.79 Å². The van der Waals surface area contributed by atoms with Crippen LogP contribution in [0.25, 0.3) is 0 Å². The molecule has 0 saturated heterocycles. The zero-order valence-electron chi connectivity index (χ0n) is 9.50. The van der Waals surface area contributed by atoms with E-state index in [-0.39, 0.29) is 5.91 Å². The van der Waals surface area contributed by atoms with Gasteiger partial charge in [0.25, 0.3) is 0 Å². The molecule has 0 aliphatic carbocycles. The summed E-state index contributed by atoms with van der Waals surface area (Å²) in [6, 6.07) is 0. The molecule has 0 atom stereocenters. The lowest BCUT2D eigenvalue weighted by Gasteiger charge is -2.08. The summed E-state index contributed by atoms with van der Waals surface area (Å²) in [6.45, 7) is 7.71. The Bertz CT molecular complexity index is 332. The first kappa shape index (κ1) is 11.6. The molecule has 15 heavy (non-hydrogen) atoms. The standard InChI is InChI=1S/C10H18N4O/c1-4-11-10-13-8(2)7-14(10)6-5-12-9(3)15/h7H,4-6H2,1-3H3,(H,11,13)(H,12,15). The van der Waals surface area contributed by atoms with Crippen molar-refractivity contribution in [1.82, 2.24) is 14.9 Å². The molecule has 0 aliphatic heterocycles. The molecule has 0 aromatic carbocycles. The lowest BCUT2D eigenvalue weighted by molar-refractivity contribution is -0.118. The lowest BCUT2D eigenvalue weighted by atomic mass is 10.5. The van der Waals surface area contributed by atoms with Gasteiger partial charge in [-0.1, -0.05) is 0 Å². The summed E-state index contributed by atoms with van der Waals surface area (Å²) < 4.78 is 2.01. The SMILES string of the molecule is CCNc1nc(C)cn1CCNC(C)=O. The highest BCUT2D eigenvalue weighted by atomic mass is 16.1. The topological polar surface area (TPSA) is 59.0 Å². The van der Waals surface area contributed by atoms with Gasteiger partial charge >= 0.3 is 0 Å². The molecule has 0 unspecified atom stereocenters. The predicted molar refractivity (Wildman–Crippen MR) is 59.8 cm³/mol. The second-order valence-electron chi connectivity index (χ2n) is 3.41. The van der Waals surface area contributed by atoms with Crippen LogP contribution in [-0.4, -0.2) is 28.5 Å². The highest BCUT2D eigenvalue weighted by molar-refractivity contribution is 5.72. The molecular formula is C10H18N4O. The summed E-state index contributed by atoms with van der Waals surface area (Å²) in [6.07, 6.45) is 1.97. The molecule has 0 bridgehead atoms. The smallest absolute Gasteiger partial charge is 0.216 e. The number of hydrogen-bond donors (Lipinski definition) is 2. The second-order valence-corrected chi connectivity index (χ2v) is 3.41. The fourth-order valence-electron chi connectivity index (χ4n) is 1.37. The van der Waals surface area contributed by atoms with Crippen LogP contribution in [0.3, 0.4) is 0 Å². The summed E-state index contributed by atoms with van der Waals surface area (Å²) in [5.41, 5.74) is 0.980. The van der Waals surface area contributed by atoms with Crippen molar-refractivity contribution >= 4 is 11.9 Å². The van der Waals surface area contributed by atoms with Crippen LogP contribution in [0.5, 0.6) is 0 Å². The third kappa shape index (κ3) is 3.61. The molecule has 1 rings (SSSR count). The van der Waals surface area contributed by atoms with Gasteiger partial charge in [-0.2, -0.15) is 0 Å². The molecule has 1 aromatic heterocycles. The van der Waals surface area contributed by atoms with Crippen molar-refractivity contribution in [3.05, 3.63) is 11.9 Å². The summed E-state index contributed by atoms with van der Waals surface area (Å²) in [4.78, 5) is 15.0. The Labute approximate surface area is 89.9 Å². The first-order valence-electron chi connectivity index (χ1n) is 5.15. The largest absolute Gasteiger partial charge is 0.356 e. The van der Waals surface area contributed by atoms with Crippen molar-refractivity contribution in [2.24, 2.45) is 0 Å². The first-order chi connectivity index (χ1) is 7.13. The normalized spacial score (nSPS) is 10.1. The number of nitrogens with zero attached hydrogens (tertiary/aromatic N) is 2. The van der Waals surface area contributed by atoms with E-state index in [1.807, 2.05) is 24.6 Å². The molecule has 5 heteroatoms. The molecule has 0 saturated carbocycles. The van der Waals surface area contributed by atoms with E-state index in [9.17, 15) is 4.79 Å². The Kier molecular flexibility index (Phi) is 4.15. The van der Waals surface area contributed by atoms with E-state index in [0.29, 0.717) is 6.54 Å². The molecule has 0 spiro atoms. The number of imidazole rings is 1. The number of aromatic nitrogens is 2. The molecule has 5 nitrogen and oxygen atoms in total. The van der Waals surface area contributed by atoms with Gasteiger partial charge in [0.15, 0.2) is 0 Å². The van der Waals surface area contributed by atoms with Crippen molar-refractivity contribution in [3.63, 3.8) is 0 Å². The number of nitrogens with one attached hydrogen (secondary N) is 2. The molecule has 0 aliphatic rings. The molecular weight excluding hydrogens is 192 g/mol. The minimum absolute atomic E-state index is 0.00293. The van der Waals surface area contributed by atoms with Crippen molar-refractivity contribution in [3.8, 4) is 0 Å². The summed E-state index contributed by atoms with van der Waals surface area (Å²) >= 11 is 0. The third-order valence-electron chi connectivity index (χ3n) is 1.96. The molecule has 84 valence electrons. The molecule has 1 heterocycles. The van der Waals surface area contributed by atoms with Crippen LogP contribution in [-0.2, 0) is 11.3 Å². The van der Waals surface area contributed by atoms with Crippen LogP contribution in [0, 0.1) is 6.92 Å². The van der Waals surface area contributed by atoms with E-state index in [0.717, 1.165) is 24.7 Å². The zero-order valence-corrected chi connectivity index (χ0v) is 9.50. The predicted octanol–water partition coefficient (Wildman–Crippen LogP) is 0.759. The van der Waals surface area contributed by atoms with Gasteiger partial charge in [0.1, 0.15) is 0 Å². The third-order valence-corrected chi connectivity index (χ3v) is 1.96. The maximum atomic E-state index is 10.7. The Morgan fingerprint density at radius 3 is 2.93 bits per heavy atom. The van der Waals surface area contributed by atoms with Gasteiger partial charge in [0, 0.05) is 32.8 Å². The molecule has 0 fully saturated rings. The van der Waals surface area contributed by atoms with E-state index in [4.69, 9.17) is 0 Å². The van der Waals surface area contributed by atoms with E-state index in [1.165, 1.54) is 6.92 Å². The average Bonchev–Trinajstić information content (AvgIpc) is 2.47. The average molecular weight is 210 g/mol. The van der Waals surface area contributed by atoms with Gasteiger partial charge in [0.05, 0.1) is 5.69 Å². The van der Waals surface area contributed by atoms with Crippen LogP contribution in [0.15, 0.2) is 6.20 Å². The van der Waals surface area contributed by atoms with Crippen molar-refractivity contribution in [1.29, 1.82) is 0 Å². The van der Waals surface area contributed by atoms with Crippen LogP contribution in [0.2, 0.25) is 0 Å². The van der Waals surface area contributed by atoms with Crippen molar-refractivity contribution < 1.29 is 4.79 Å². The molecule has 2 N–H and O–H groups in total. The minimum atomic E-state index is -0.00293. The minimum Gasteiger partial charge on any atom is -0.356 e. The van der Waals surface area contributed by atoms with Crippen molar-refractivity contribution in [2.45, 2.75) is 27.3 Å². The second kappa shape index (κ2) is 5.38. The monoisotopic (exact) mass is 210 g/mol. The fraction of sp³-hybridized carbons (Fsp3) is 0.600. The number of aryl methyl sites for hydroxylation is 1. The molecule has 1 aromatic rings. The molecule has 1 amide bonds. The number of hydrogen-bond acceptors (Lipinski definition) is 3. The number of anilines is 1. The highest BCUT2D eigenvalue weighted by Gasteiger charge is 2.03. The highest BCUT2D eigenvalue weighted by Crippen LogP contribution is 2.07. The number of rotatable bonds is 5. The molecule has 0 radical (unpaired) electrons. The zero-order chi connectivity index (χ0) is 11.3. The number of amides is 1. The quantitative estimate of drug-likeness (QED) is 0.754. The van der Waals surface area contributed by atoms with Crippen molar-refractivity contribution in [2.75, 3.05) is 18.4 Å². The van der Waals surface area contributed by atoms with Crippen LogP contribution in [0.1, 0.15) is 19.5 Å². The number of carbonyl (C=O) groups is 1.